The average molecular weight is 139 g/mol. The van der Waals surface area contributed by atoms with Crippen molar-refractivity contribution in [3.05, 3.63) is 0 Å². The molecule has 0 aliphatic carbocycles. The van der Waals surface area contributed by atoms with E-state index >= 15 is 0 Å². The van der Waals surface area contributed by atoms with Gasteiger partial charge < -0.3 is 4.79 Å². The van der Waals surface area contributed by atoms with Gasteiger partial charge in [-0.15, -0.1) is 0 Å². The normalized spacial score (nSPS) is 5.20. The molecule has 0 aliphatic heterocycles. The molecule has 32 valence electrons. The number of ketones is 1. The molecule has 0 N–H and O–H groups in total. The number of carbonyl (C=O) groups is 1. The molecular weight excluding hydrogens is 131 g/mol. The third-order valence-corrected chi connectivity index (χ3v) is 0. The molecule has 5 heavy (non-hydrogen) atoms. The SMILES string of the molecule is CC(C)=O.[SeH2]. The van der Waals surface area contributed by atoms with Crippen molar-refractivity contribution in [1.82, 2.24) is 0 Å². The predicted octanol–water partition coefficient (Wildman–Crippen LogP) is -0.321. The van der Waals surface area contributed by atoms with Gasteiger partial charge in [0.05, 0.1) is 0 Å². The molecule has 0 amide bonds. The van der Waals surface area contributed by atoms with E-state index in [4.69, 9.17) is 0 Å². The topological polar surface area (TPSA) is 17.1 Å². The van der Waals surface area contributed by atoms with Crippen LogP contribution in [0.15, 0.2) is 0 Å². The zero-order valence-electron chi connectivity index (χ0n) is 3.41. The summed E-state index contributed by atoms with van der Waals surface area (Å²) in [5.41, 5.74) is 0. The first-order valence-electron chi connectivity index (χ1n) is 1.20. The van der Waals surface area contributed by atoms with Crippen molar-refractivity contribution < 1.29 is 4.79 Å². The van der Waals surface area contributed by atoms with E-state index in [-0.39, 0.29) is 22.9 Å². The first-order chi connectivity index (χ1) is 1.73. The van der Waals surface area contributed by atoms with Gasteiger partial charge in [-0.3, -0.25) is 0 Å². The first-order valence-corrected chi connectivity index (χ1v) is 1.20. The number of carbonyl (C=O) groups excluding carboxylic acids is 1. The molecule has 1 nitrogen and oxygen atoms in total. The Morgan fingerprint density at radius 1 is 1.40 bits per heavy atom. The molecule has 0 atom stereocenters. The Morgan fingerprint density at radius 3 is 1.40 bits per heavy atom. The molecule has 0 rings (SSSR count). The van der Waals surface area contributed by atoms with E-state index in [1.807, 2.05) is 0 Å². The van der Waals surface area contributed by atoms with Crippen molar-refractivity contribution in [2.75, 3.05) is 0 Å². The van der Waals surface area contributed by atoms with Gasteiger partial charge in [0, 0.05) is 0 Å². The van der Waals surface area contributed by atoms with E-state index in [0.717, 1.165) is 0 Å². The van der Waals surface area contributed by atoms with Crippen LogP contribution in [-0.4, -0.2) is 22.9 Å². The molecule has 0 radical (unpaired) electrons. The standard InChI is InChI=1S/C3H6O.H2Se/c1-3(2)4;/h1-2H3;1H2. The summed E-state index contributed by atoms with van der Waals surface area (Å²) >= 11 is 0. The van der Waals surface area contributed by atoms with Crippen LogP contribution in [0.25, 0.3) is 0 Å². The maximum absolute atomic E-state index is 9.44. The second-order valence-corrected chi connectivity index (χ2v) is 0.908. The van der Waals surface area contributed by atoms with Crippen LogP contribution in [0.4, 0.5) is 0 Å². The summed E-state index contributed by atoms with van der Waals surface area (Å²) in [6.07, 6.45) is 0. The summed E-state index contributed by atoms with van der Waals surface area (Å²) in [6.45, 7) is 3.06. The minimum absolute atomic E-state index is 0. The quantitative estimate of drug-likeness (QED) is 0.420. The molecule has 0 heterocycles. The third-order valence-electron chi connectivity index (χ3n) is 0. The van der Waals surface area contributed by atoms with Gasteiger partial charge in [0.1, 0.15) is 5.78 Å². The number of rotatable bonds is 0. The van der Waals surface area contributed by atoms with Gasteiger partial charge in [-0.05, 0) is 13.8 Å². The Hall–Kier alpha value is 0.189. The Balaban J connectivity index is 0. The fraction of sp³-hybridized carbons (Fsp3) is 0.667. The predicted molar refractivity (Wildman–Crippen MR) is 24.9 cm³/mol. The van der Waals surface area contributed by atoms with Gasteiger partial charge >= 0.3 is 17.1 Å². The molecule has 0 spiro atoms. The van der Waals surface area contributed by atoms with E-state index in [9.17, 15) is 4.79 Å². The van der Waals surface area contributed by atoms with Crippen molar-refractivity contribution in [3.63, 3.8) is 0 Å². The summed E-state index contributed by atoms with van der Waals surface area (Å²) in [7, 11) is 0. The number of hydrogen-bond acceptors (Lipinski definition) is 1. The van der Waals surface area contributed by atoms with Crippen LogP contribution < -0.4 is 0 Å². The van der Waals surface area contributed by atoms with Crippen LogP contribution in [0, 0.1) is 0 Å². The van der Waals surface area contributed by atoms with Gasteiger partial charge in [-0.2, -0.15) is 0 Å². The Morgan fingerprint density at radius 2 is 1.40 bits per heavy atom. The minimum atomic E-state index is 0. The van der Waals surface area contributed by atoms with Crippen LogP contribution in [0.5, 0.6) is 0 Å². The summed E-state index contributed by atoms with van der Waals surface area (Å²) in [6, 6.07) is 0. The van der Waals surface area contributed by atoms with Crippen molar-refractivity contribution in [2.45, 2.75) is 13.8 Å². The van der Waals surface area contributed by atoms with Crippen LogP contribution in [0.1, 0.15) is 13.8 Å². The van der Waals surface area contributed by atoms with E-state index in [1.54, 1.807) is 0 Å². The van der Waals surface area contributed by atoms with Crippen LogP contribution >= 0.6 is 0 Å². The molecule has 0 aliphatic rings. The van der Waals surface area contributed by atoms with E-state index in [1.165, 1.54) is 13.8 Å². The Bertz CT molecular complexity index is 29.9. The monoisotopic (exact) mass is 140 g/mol. The third kappa shape index (κ3) is 559. The van der Waals surface area contributed by atoms with Crippen LogP contribution in [0.2, 0.25) is 0 Å². The molecule has 0 unspecified atom stereocenters. The van der Waals surface area contributed by atoms with Crippen molar-refractivity contribution in [2.24, 2.45) is 0 Å². The molecule has 0 aromatic heterocycles. The van der Waals surface area contributed by atoms with Gasteiger partial charge in [-0.1, -0.05) is 0 Å². The molecule has 0 aromatic carbocycles. The van der Waals surface area contributed by atoms with Crippen molar-refractivity contribution in [1.29, 1.82) is 0 Å². The molecule has 0 saturated heterocycles. The Labute approximate surface area is 42.2 Å². The molecule has 0 saturated carbocycles. The maximum atomic E-state index is 9.44. The number of Topliss-reactive ketones (excluding diaryl/α,β-unsaturated/α-hetero) is 1. The number of hydrogen-bond donors (Lipinski definition) is 0. The first kappa shape index (κ1) is 8.95. The molecule has 2 heteroatoms. The van der Waals surface area contributed by atoms with Crippen LogP contribution in [0.3, 0.4) is 0 Å². The van der Waals surface area contributed by atoms with Gasteiger partial charge in [0.15, 0.2) is 0 Å². The second kappa shape index (κ2) is 4.19. The average Bonchev–Trinajstić information content (AvgIpc) is 0.811. The molecule has 0 fully saturated rings. The van der Waals surface area contributed by atoms with Gasteiger partial charge in [-0.25, -0.2) is 0 Å². The van der Waals surface area contributed by atoms with E-state index in [2.05, 4.69) is 0 Å². The van der Waals surface area contributed by atoms with Gasteiger partial charge in [0.2, 0.25) is 0 Å². The molecule has 0 aromatic rings. The fourth-order valence-electron chi connectivity index (χ4n) is 0. The Kier molecular flexibility index (Phi) is 7.50. The summed E-state index contributed by atoms with van der Waals surface area (Å²) in [5.74, 6) is 0.167. The zero-order valence-corrected chi connectivity index (χ0v) is 5.51. The zero-order chi connectivity index (χ0) is 3.58. The summed E-state index contributed by atoms with van der Waals surface area (Å²) in [5, 5.41) is 0. The fourth-order valence-corrected chi connectivity index (χ4v) is 0. The van der Waals surface area contributed by atoms with Crippen molar-refractivity contribution >= 4 is 22.9 Å². The summed E-state index contributed by atoms with van der Waals surface area (Å²) < 4.78 is 0. The molecule has 0 bridgehead atoms. The van der Waals surface area contributed by atoms with Gasteiger partial charge in [0.25, 0.3) is 0 Å². The summed E-state index contributed by atoms with van der Waals surface area (Å²) in [4.78, 5) is 9.44. The van der Waals surface area contributed by atoms with E-state index < -0.39 is 0 Å². The van der Waals surface area contributed by atoms with Crippen LogP contribution in [-0.2, 0) is 4.79 Å². The second-order valence-electron chi connectivity index (χ2n) is 0.908. The van der Waals surface area contributed by atoms with Crippen molar-refractivity contribution in [3.8, 4) is 0 Å². The molecular formula is C3H8OSe. The van der Waals surface area contributed by atoms with E-state index in [0.29, 0.717) is 0 Å².